The van der Waals surface area contributed by atoms with Crippen molar-refractivity contribution in [1.82, 2.24) is 4.90 Å². The van der Waals surface area contributed by atoms with E-state index in [1.54, 1.807) is 0 Å². The highest BCUT2D eigenvalue weighted by molar-refractivity contribution is 6.17. The van der Waals surface area contributed by atoms with Crippen molar-refractivity contribution in [2.75, 3.05) is 25.5 Å². The lowest BCUT2D eigenvalue weighted by Gasteiger charge is -2.32. The van der Waals surface area contributed by atoms with Crippen LogP contribution in [0.15, 0.2) is 0 Å². The van der Waals surface area contributed by atoms with Crippen LogP contribution in [-0.2, 0) is 0 Å². The zero-order valence-electron chi connectivity index (χ0n) is 10.3. The molecule has 1 atom stereocenters. The maximum atomic E-state index is 5.75. The SMILES string of the molecule is CCN(CCC(C)CCCl)CC1CCC1. The van der Waals surface area contributed by atoms with Crippen LogP contribution in [0.4, 0.5) is 0 Å². The van der Waals surface area contributed by atoms with Gasteiger partial charge in [0.15, 0.2) is 0 Å². The van der Waals surface area contributed by atoms with Gasteiger partial charge in [0.1, 0.15) is 0 Å². The first-order valence-corrected chi connectivity index (χ1v) is 7.08. The van der Waals surface area contributed by atoms with E-state index in [1.165, 1.54) is 51.7 Å². The Kier molecular flexibility index (Phi) is 6.67. The molecule has 0 amide bonds. The fourth-order valence-corrected chi connectivity index (χ4v) is 2.53. The minimum absolute atomic E-state index is 0.790. The number of rotatable bonds is 8. The van der Waals surface area contributed by atoms with E-state index in [0.29, 0.717) is 0 Å². The molecule has 1 unspecified atom stereocenters. The Hall–Kier alpha value is 0.250. The normalized spacial score (nSPS) is 19.2. The van der Waals surface area contributed by atoms with Gasteiger partial charge in [-0.2, -0.15) is 0 Å². The van der Waals surface area contributed by atoms with Crippen LogP contribution in [0.2, 0.25) is 0 Å². The molecule has 1 saturated carbocycles. The highest BCUT2D eigenvalue weighted by Crippen LogP contribution is 2.27. The zero-order chi connectivity index (χ0) is 11.1. The Morgan fingerprint density at radius 3 is 2.53 bits per heavy atom. The first-order chi connectivity index (χ1) is 7.26. The second kappa shape index (κ2) is 7.51. The Morgan fingerprint density at radius 1 is 1.33 bits per heavy atom. The van der Waals surface area contributed by atoms with Gasteiger partial charge in [0, 0.05) is 12.4 Å². The molecule has 0 aromatic rings. The number of hydrogen-bond donors (Lipinski definition) is 0. The van der Waals surface area contributed by atoms with Crippen molar-refractivity contribution in [2.24, 2.45) is 11.8 Å². The summed E-state index contributed by atoms with van der Waals surface area (Å²) in [6.45, 7) is 8.42. The summed E-state index contributed by atoms with van der Waals surface area (Å²) in [4.78, 5) is 2.62. The summed E-state index contributed by atoms with van der Waals surface area (Å²) in [5.74, 6) is 2.61. The molecule has 1 fully saturated rings. The van der Waals surface area contributed by atoms with Gasteiger partial charge in [0.2, 0.25) is 0 Å². The van der Waals surface area contributed by atoms with E-state index in [0.717, 1.165) is 17.7 Å². The number of alkyl halides is 1. The lowest BCUT2D eigenvalue weighted by molar-refractivity contribution is 0.176. The summed E-state index contributed by atoms with van der Waals surface area (Å²) in [5, 5.41) is 0. The van der Waals surface area contributed by atoms with Gasteiger partial charge in [0.05, 0.1) is 0 Å². The van der Waals surface area contributed by atoms with E-state index < -0.39 is 0 Å². The van der Waals surface area contributed by atoms with E-state index in [-0.39, 0.29) is 0 Å². The molecule has 15 heavy (non-hydrogen) atoms. The largest absolute Gasteiger partial charge is 0.303 e. The molecule has 0 heterocycles. The van der Waals surface area contributed by atoms with Crippen LogP contribution in [0.1, 0.15) is 46.0 Å². The molecule has 0 bridgehead atoms. The third-order valence-corrected chi connectivity index (χ3v) is 3.95. The molecule has 0 aromatic heterocycles. The predicted octanol–water partition coefficient (Wildman–Crippen LogP) is 3.76. The van der Waals surface area contributed by atoms with Crippen LogP contribution in [0, 0.1) is 11.8 Å². The Morgan fingerprint density at radius 2 is 2.07 bits per heavy atom. The smallest absolute Gasteiger partial charge is 0.0225 e. The summed E-state index contributed by atoms with van der Waals surface area (Å²) in [7, 11) is 0. The standard InChI is InChI=1S/C13H26ClN/c1-3-15(11-13-5-4-6-13)10-8-12(2)7-9-14/h12-13H,3-11H2,1-2H3. The maximum Gasteiger partial charge on any atom is 0.0225 e. The predicted molar refractivity (Wildman–Crippen MR) is 68.6 cm³/mol. The fraction of sp³-hybridized carbons (Fsp3) is 1.00. The molecule has 90 valence electrons. The molecule has 0 aliphatic heterocycles. The molecule has 0 aromatic carbocycles. The van der Waals surface area contributed by atoms with E-state index in [4.69, 9.17) is 11.6 Å². The summed E-state index contributed by atoms with van der Waals surface area (Å²) in [6, 6.07) is 0. The van der Waals surface area contributed by atoms with Gasteiger partial charge in [-0.3, -0.25) is 0 Å². The van der Waals surface area contributed by atoms with E-state index in [9.17, 15) is 0 Å². The first-order valence-electron chi connectivity index (χ1n) is 6.54. The molecule has 0 saturated heterocycles. The molecule has 1 nitrogen and oxygen atoms in total. The van der Waals surface area contributed by atoms with Crippen LogP contribution in [0.3, 0.4) is 0 Å². The second-order valence-electron chi connectivity index (χ2n) is 5.06. The van der Waals surface area contributed by atoms with Gasteiger partial charge >= 0.3 is 0 Å². The van der Waals surface area contributed by atoms with Gasteiger partial charge in [-0.1, -0.05) is 20.3 Å². The van der Waals surface area contributed by atoms with Crippen molar-refractivity contribution in [2.45, 2.75) is 46.0 Å². The third kappa shape index (κ3) is 5.21. The van der Waals surface area contributed by atoms with Crippen LogP contribution in [0.25, 0.3) is 0 Å². The Bertz CT molecular complexity index is 157. The first kappa shape index (κ1) is 13.3. The molecule has 1 aliphatic rings. The van der Waals surface area contributed by atoms with E-state index >= 15 is 0 Å². The Labute approximate surface area is 100 Å². The summed E-state index contributed by atoms with van der Waals surface area (Å²) in [5.41, 5.74) is 0. The number of nitrogens with zero attached hydrogens (tertiary/aromatic N) is 1. The fourth-order valence-electron chi connectivity index (χ4n) is 2.15. The average Bonchev–Trinajstić information content (AvgIpc) is 2.16. The van der Waals surface area contributed by atoms with Gasteiger partial charge in [-0.15, -0.1) is 11.6 Å². The third-order valence-electron chi connectivity index (χ3n) is 3.73. The quantitative estimate of drug-likeness (QED) is 0.575. The topological polar surface area (TPSA) is 3.24 Å². The van der Waals surface area contributed by atoms with Crippen LogP contribution < -0.4 is 0 Å². The summed E-state index contributed by atoms with van der Waals surface area (Å²) in [6.07, 6.45) is 6.88. The van der Waals surface area contributed by atoms with Crippen molar-refractivity contribution in [3.05, 3.63) is 0 Å². The van der Waals surface area contributed by atoms with Crippen LogP contribution >= 0.6 is 11.6 Å². The van der Waals surface area contributed by atoms with Gasteiger partial charge in [-0.25, -0.2) is 0 Å². The summed E-state index contributed by atoms with van der Waals surface area (Å²) < 4.78 is 0. The number of halogens is 1. The van der Waals surface area contributed by atoms with Crippen molar-refractivity contribution in [3.63, 3.8) is 0 Å². The lowest BCUT2D eigenvalue weighted by atomic mass is 9.85. The molecule has 1 aliphatic carbocycles. The molecule has 0 N–H and O–H groups in total. The minimum Gasteiger partial charge on any atom is -0.303 e. The highest BCUT2D eigenvalue weighted by Gasteiger charge is 2.19. The van der Waals surface area contributed by atoms with Crippen molar-refractivity contribution < 1.29 is 0 Å². The van der Waals surface area contributed by atoms with E-state index in [1.807, 2.05) is 0 Å². The minimum atomic E-state index is 0.790. The molecule has 0 spiro atoms. The molecule has 2 heteroatoms. The molecule has 0 radical (unpaired) electrons. The van der Waals surface area contributed by atoms with Gasteiger partial charge < -0.3 is 4.90 Å². The monoisotopic (exact) mass is 231 g/mol. The molecule has 1 rings (SSSR count). The van der Waals surface area contributed by atoms with Gasteiger partial charge in [0.25, 0.3) is 0 Å². The number of hydrogen-bond acceptors (Lipinski definition) is 1. The Balaban J connectivity index is 2.09. The average molecular weight is 232 g/mol. The van der Waals surface area contributed by atoms with Crippen LogP contribution in [-0.4, -0.2) is 30.4 Å². The highest BCUT2D eigenvalue weighted by atomic mass is 35.5. The van der Waals surface area contributed by atoms with E-state index in [2.05, 4.69) is 18.7 Å². The lowest BCUT2D eigenvalue weighted by Crippen LogP contribution is -2.33. The maximum absolute atomic E-state index is 5.75. The van der Waals surface area contributed by atoms with Crippen molar-refractivity contribution in [3.8, 4) is 0 Å². The van der Waals surface area contributed by atoms with Crippen molar-refractivity contribution in [1.29, 1.82) is 0 Å². The zero-order valence-corrected chi connectivity index (χ0v) is 11.1. The summed E-state index contributed by atoms with van der Waals surface area (Å²) >= 11 is 5.75. The molecular weight excluding hydrogens is 206 g/mol. The van der Waals surface area contributed by atoms with Crippen LogP contribution in [0.5, 0.6) is 0 Å². The van der Waals surface area contributed by atoms with Crippen molar-refractivity contribution >= 4 is 11.6 Å². The van der Waals surface area contributed by atoms with Gasteiger partial charge in [-0.05, 0) is 50.6 Å². The second-order valence-corrected chi connectivity index (χ2v) is 5.44. The molecular formula is C13H26ClN.